The van der Waals surface area contributed by atoms with Crippen molar-refractivity contribution in [2.45, 2.75) is 0 Å². The molecule has 1 radical (unpaired) electrons. The Morgan fingerprint density at radius 3 is 2.57 bits per heavy atom. The standard InChI is InChI=1S/C2H4N4.Ag/c3-2-1-4-6-5-2;/h1H,(H3,3,4,5,6);. The molecular weight excluding hydrogens is 188 g/mol. The topological polar surface area (TPSA) is 67.6 Å². The molecule has 0 fully saturated rings. The van der Waals surface area contributed by atoms with Gasteiger partial charge in [-0.2, -0.15) is 10.3 Å². The molecule has 5 heteroatoms. The summed E-state index contributed by atoms with van der Waals surface area (Å²) in [7, 11) is 0. The molecular formula is C2H4AgN4. The molecule has 0 amide bonds. The minimum absolute atomic E-state index is 0. The van der Waals surface area contributed by atoms with Gasteiger partial charge in [0, 0.05) is 22.4 Å². The Morgan fingerprint density at radius 2 is 2.43 bits per heavy atom. The van der Waals surface area contributed by atoms with E-state index < -0.39 is 0 Å². The van der Waals surface area contributed by atoms with Crippen LogP contribution in [-0.4, -0.2) is 15.4 Å². The van der Waals surface area contributed by atoms with Gasteiger partial charge in [-0.3, -0.25) is 0 Å². The van der Waals surface area contributed by atoms with Crippen LogP contribution >= 0.6 is 0 Å². The molecule has 7 heavy (non-hydrogen) atoms. The van der Waals surface area contributed by atoms with Crippen LogP contribution in [0.15, 0.2) is 6.20 Å². The Hall–Kier alpha value is -0.320. The number of hydrogen-bond donors (Lipinski definition) is 2. The summed E-state index contributed by atoms with van der Waals surface area (Å²) in [5.41, 5.74) is 5.07. The normalized spacial score (nSPS) is 7.43. The number of aromatic amines is 1. The van der Waals surface area contributed by atoms with Crippen LogP contribution in [0.4, 0.5) is 5.82 Å². The van der Waals surface area contributed by atoms with Crippen LogP contribution in [0.1, 0.15) is 0 Å². The molecule has 43 valence electrons. The van der Waals surface area contributed by atoms with E-state index in [1.54, 1.807) is 0 Å². The third kappa shape index (κ3) is 1.72. The number of nitrogens with zero attached hydrogens (tertiary/aromatic N) is 2. The molecule has 3 N–H and O–H groups in total. The van der Waals surface area contributed by atoms with Gasteiger partial charge in [-0.15, -0.1) is 5.10 Å². The van der Waals surface area contributed by atoms with Gasteiger partial charge in [0.05, 0.1) is 6.20 Å². The van der Waals surface area contributed by atoms with E-state index in [9.17, 15) is 0 Å². The summed E-state index contributed by atoms with van der Waals surface area (Å²) in [6.45, 7) is 0. The first-order valence-electron chi connectivity index (χ1n) is 1.51. The Morgan fingerprint density at radius 1 is 1.71 bits per heavy atom. The van der Waals surface area contributed by atoms with Gasteiger partial charge < -0.3 is 5.73 Å². The van der Waals surface area contributed by atoms with Crippen molar-refractivity contribution in [2.75, 3.05) is 5.73 Å². The molecule has 1 aromatic rings. The van der Waals surface area contributed by atoms with Crippen LogP contribution < -0.4 is 5.73 Å². The first-order chi connectivity index (χ1) is 2.89. The van der Waals surface area contributed by atoms with Crippen molar-refractivity contribution in [3.05, 3.63) is 6.20 Å². The number of aromatic nitrogens is 3. The van der Waals surface area contributed by atoms with Gasteiger partial charge in [-0.05, 0) is 0 Å². The Kier molecular flexibility index (Phi) is 2.66. The molecule has 1 rings (SSSR count). The van der Waals surface area contributed by atoms with E-state index >= 15 is 0 Å². The largest absolute Gasteiger partial charge is 0.381 e. The summed E-state index contributed by atoms with van der Waals surface area (Å²) in [5, 5.41) is 9.22. The summed E-state index contributed by atoms with van der Waals surface area (Å²) < 4.78 is 0. The first-order valence-corrected chi connectivity index (χ1v) is 1.51. The summed E-state index contributed by atoms with van der Waals surface area (Å²) >= 11 is 0. The molecule has 0 aliphatic heterocycles. The van der Waals surface area contributed by atoms with Gasteiger partial charge in [-0.25, -0.2) is 0 Å². The van der Waals surface area contributed by atoms with Crippen molar-refractivity contribution in [3.63, 3.8) is 0 Å². The average molecular weight is 192 g/mol. The fraction of sp³-hybridized carbons (Fsp3) is 0. The van der Waals surface area contributed by atoms with Crippen molar-refractivity contribution >= 4 is 5.82 Å². The minimum Gasteiger partial charge on any atom is -0.381 e. The maximum absolute atomic E-state index is 5.07. The molecule has 0 saturated heterocycles. The summed E-state index contributed by atoms with van der Waals surface area (Å²) in [4.78, 5) is 0. The molecule has 0 aliphatic carbocycles. The van der Waals surface area contributed by atoms with E-state index in [1.807, 2.05) is 0 Å². The van der Waals surface area contributed by atoms with Crippen LogP contribution in [0, 0.1) is 0 Å². The van der Waals surface area contributed by atoms with Gasteiger partial charge in [0.25, 0.3) is 0 Å². The van der Waals surface area contributed by atoms with Crippen LogP contribution in [0.5, 0.6) is 0 Å². The van der Waals surface area contributed by atoms with Crippen molar-refractivity contribution in [3.8, 4) is 0 Å². The fourth-order valence-electron chi connectivity index (χ4n) is 0.210. The van der Waals surface area contributed by atoms with Gasteiger partial charge >= 0.3 is 0 Å². The van der Waals surface area contributed by atoms with Gasteiger partial charge in [0.2, 0.25) is 0 Å². The van der Waals surface area contributed by atoms with E-state index in [-0.39, 0.29) is 22.4 Å². The zero-order chi connectivity index (χ0) is 4.41. The molecule has 0 aliphatic rings. The number of nitrogens with two attached hydrogens (primary N) is 1. The molecule has 0 atom stereocenters. The zero-order valence-corrected chi connectivity index (χ0v) is 4.83. The summed E-state index contributed by atoms with van der Waals surface area (Å²) in [6.07, 6.45) is 1.44. The number of rotatable bonds is 0. The average Bonchev–Trinajstić information content (AvgIpc) is 1.86. The molecule has 0 bridgehead atoms. The first kappa shape index (κ1) is 6.68. The molecule has 1 aromatic heterocycles. The van der Waals surface area contributed by atoms with Crippen LogP contribution in [-0.2, 0) is 22.4 Å². The minimum atomic E-state index is 0. The van der Waals surface area contributed by atoms with Crippen molar-refractivity contribution in [2.24, 2.45) is 0 Å². The maximum atomic E-state index is 5.07. The van der Waals surface area contributed by atoms with Crippen molar-refractivity contribution in [1.29, 1.82) is 0 Å². The zero-order valence-electron chi connectivity index (χ0n) is 3.35. The second kappa shape index (κ2) is 2.79. The van der Waals surface area contributed by atoms with Crippen molar-refractivity contribution in [1.82, 2.24) is 15.4 Å². The van der Waals surface area contributed by atoms with Crippen LogP contribution in [0.25, 0.3) is 0 Å². The molecule has 1 heterocycles. The van der Waals surface area contributed by atoms with Crippen LogP contribution in [0.3, 0.4) is 0 Å². The van der Waals surface area contributed by atoms with Gasteiger partial charge in [0.15, 0.2) is 5.82 Å². The Balaban J connectivity index is 0.000000360. The Labute approximate surface area is 56.0 Å². The number of anilines is 1. The van der Waals surface area contributed by atoms with E-state index in [0.29, 0.717) is 5.82 Å². The Bertz CT molecular complexity index is 113. The fourth-order valence-corrected chi connectivity index (χ4v) is 0.210. The van der Waals surface area contributed by atoms with E-state index in [0.717, 1.165) is 0 Å². The van der Waals surface area contributed by atoms with E-state index in [4.69, 9.17) is 5.73 Å². The monoisotopic (exact) mass is 191 g/mol. The number of nitrogens with one attached hydrogen (secondary N) is 1. The second-order valence-electron chi connectivity index (χ2n) is 0.895. The summed E-state index contributed by atoms with van der Waals surface area (Å²) in [5.74, 6) is 0.426. The molecule has 0 spiro atoms. The number of H-pyrrole nitrogens is 1. The number of hydrogen-bond acceptors (Lipinski definition) is 3. The summed E-state index contributed by atoms with van der Waals surface area (Å²) in [6, 6.07) is 0. The van der Waals surface area contributed by atoms with Gasteiger partial charge in [-0.1, -0.05) is 0 Å². The SMILES string of the molecule is Nc1cn[nH]n1.[Ag]. The molecule has 4 nitrogen and oxygen atoms in total. The van der Waals surface area contributed by atoms with Crippen molar-refractivity contribution < 1.29 is 22.4 Å². The predicted octanol–water partition coefficient (Wildman–Crippen LogP) is -0.616. The second-order valence-corrected chi connectivity index (χ2v) is 0.895. The molecule has 0 unspecified atom stereocenters. The quantitative estimate of drug-likeness (QED) is 0.538. The smallest absolute Gasteiger partial charge is 0.165 e. The number of nitrogen functional groups attached to an aromatic ring is 1. The predicted molar refractivity (Wildman–Crippen MR) is 20.8 cm³/mol. The van der Waals surface area contributed by atoms with E-state index in [2.05, 4.69) is 15.4 Å². The van der Waals surface area contributed by atoms with Crippen LogP contribution in [0.2, 0.25) is 0 Å². The van der Waals surface area contributed by atoms with E-state index in [1.165, 1.54) is 6.20 Å². The maximum Gasteiger partial charge on any atom is 0.165 e. The third-order valence-corrected chi connectivity index (χ3v) is 0.434. The van der Waals surface area contributed by atoms with Gasteiger partial charge in [0.1, 0.15) is 0 Å². The third-order valence-electron chi connectivity index (χ3n) is 0.434. The molecule has 0 aromatic carbocycles. The molecule has 0 saturated carbocycles.